The molecule has 1 fully saturated rings. The van der Waals surface area contributed by atoms with E-state index >= 15 is 0 Å². The molecule has 1 aliphatic rings. The molecule has 0 aromatic heterocycles. The molecular formula is C21H25NO11. The molecule has 1 aromatic rings. The Hall–Kier alpha value is -3.67. The Morgan fingerprint density at radius 3 is 1.91 bits per heavy atom. The van der Waals surface area contributed by atoms with Gasteiger partial charge in [0.15, 0.2) is 12.2 Å². The second-order valence-corrected chi connectivity index (χ2v) is 7.05. The predicted molar refractivity (Wildman–Crippen MR) is 108 cm³/mol. The van der Waals surface area contributed by atoms with Crippen LogP contribution in [0, 0.1) is 0 Å². The minimum atomic E-state index is -1.47. The molecule has 0 saturated carbocycles. The van der Waals surface area contributed by atoms with Gasteiger partial charge in [0.25, 0.3) is 5.91 Å². The van der Waals surface area contributed by atoms with Crippen LogP contribution in [0.15, 0.2) is 24.3 Å². The van der Waals surface area contributed by atoms with E-state index in [1.807, 2.05) is 0 Å². The zero-order valence-electron chi connectivity index (χ0n) is 18.5. The SMILES string of the molecule is CC(=O)OC[C@@H]1O[C@@H](Oc2ccccc2C(N)=O)[C@H](OC(C)=O)[C@@H](OC(C)=O)[C@@H]1OC(C)=O. The van der Waals surface area contributed by atoms with Crippen molar-refractivity contribution in [3.05, 3.63) is 29.8 Å². The number of hydrogen-bond donors (Lipinski definition) is 1. The zero-order valence-corrected chi connectivity index (χ0v) is 18.5. The van der Waals surface area contributed by atoms with E-state index in [2.05, 4.69) is 0 Å². The summed E-state index contributed by atoms with van der Waals surface area (Å²) >= 11 is 0. The standard InChI is InChI=1S/C21H25NO11/c1-10(23)28-9-16-17(29-11(2)24)18(30-12(3)25)19(31-13(4)26)21(33-16)32-15-8-6-5-7-14(15)20(22)27/h5-8,16-19,21H,9H2,1-4H3,(H2,22,27)/t16-,17+,18-,19+,21+/m0/s1. The monoisotopic (exact) mass is 467 g/mol. The van der Waals surface area contributed by atoms with Crippen molar-refractivity contribution in [3.63, 3.8) is 0 Å². The van der Waals surface area contributed by atoms with Gasteiger partial charge in [0, 0.05) is 27.7 Å². The Bertz CT molecular complexity index is 915. The Morgan fingerprint density at radius 2 is 1.36 bits per heavy atom. The molecule has 12 heteroatoms. The molecule has 1 aliphatic heterocycles. The molecule has 2 N–H and O–H groups in total. The summed E-state index contributed by atoms with van der Waals surface area (Å²) in [6.45, 7) is 4.07. The second kappa shape index (κ2) is 11.3. The fourth-order valence-electron chi connectivity index (χ4n) is 3.18. The van der Waals surface area contributed by atoms with Gasteiger partial charge in [-0.2, -0.15) is 0 Å². The Balaban J connectivity index is 2.51. The van der Waals surface area contributed by atoms with Crippen LogP contribution >= 0.6 is 0 Å². The van der Waals surface area contributed by atoms with E-state index in [9.17, 15) is 24.0 Å². The summed E-state index contributed by atoms with van der Waals surface area (Å²) in [6, 6.07) is 5.95. The lowest BCUT2D eigenvalue weighted by molar-refractivity contribution is -0.288. The lowest BCUT2D eigenvalue weighted by Crippen LogP contribution is -2.63. The maximum atomic E-state index is 11.8. The van der Waals surface area contributed by atoms with Crippen molar-refractivity contribution in [2.75, 3.05) is 6.61 Å². The number of ether oxygens (including phenoxy) is 6. The number of esters is 4. The van der Waals surface area contributed by atoms with Gasteiger partial charge < -0.3 is 34.2 Å². The molecule has 0 unspecified atom stereocenters. The molecule has 1 saturated heterocycles. The second-order valence-electron chi connectivity index (χ2n) is 7.05. The van der Waals surface area contributed by atoms with Crippen LogP contribution in [-0.4, -0.2) is 67.1 Å². The minimum Gasteiger partial charge on any atom is -0.463 e. The van der Waals surface area contributed by atoms with Crippen molar-refractivity contribution < 1.29 is 52.4 Å². The van der Waals surface area contributed by atoms with Crippen LogP contribution in [0.1, 0.15) is 38.1 Å². The molecule has 1 amide bonds. The molecule has 2 rings (SSSR count). The van der Waals surface area contributed by atoms with Crippen LogP contribution in [0.2, 0.25) is 0 Å². The highest BCUT2D eigenvalue weighted by molar-refractivity contribution is 5.95. The van der Waals surface area contributed by atoms with Gasteiger partial charge in [-0.05, 0) is 12.1 Å². The van der Waals surface area contributed by atoms with Crippen molar-refractivity contribution in [3.8, 4) is 5.75 Å². The van der Waals surface area contributed by atoms with Gasteiger partial charge >= 0.3 is 23.9 Å². The van der Waals surface area contributed by atoms with Gasteiger partial charge in [-0.1, -0.05) is 12.1 Å². The van der Waals surface area contributed by atoms with Gasteiger partial charge in [0.2, 0.25) is 12.4 Å². The van der Waals surface area contributed by atoms with Crippen molar-refractivity contribution in [1.82, 2.24) is 0 Å². The molecule has 180 valence electrons. The number of benzene rings is 1. The average Bonchev–Trinajstić information content (AvgIpc) is 2.70. The van der Waals surface area contributed by atoms with Gasteiger partial charge in [0.05, 0.1) is 5.56 Å². The van der Waals surface area contributed by atoms with Gasteiger partial charge in [-0.3, -0.25) is 24.0 Å². The molecule has 5 atom stereocenters. The maximum Gasteiger partial charge on any atom is 0.303 e. The van der Waals surface area contributed by atoms with Crippen molar-refractivity contribution in [2.45, 2.75) is 58.4 Å². The summed E-state index contributed by atoms with van der Waals surface area (Å²) in [6.07, 6.45) is -6.78. The number of primary amides is 1. The molecular weight excluding hydrogens is 442 g/mol. The quantitative estimate of drug-likeness (QED) is 0.411. The fraction of sp³-hybridized carbons (Fsp3) is 0.476. The number of carbonyl (C=O) groups is 5. The topological polar surface area (TPSA) is 167 Å². The number of carbonyl (C=O) groups excluding carboxylic acids is 5. The fourth-order valence-corrected chi connectivity index (χ4v) is 3.18. The Labute approximate surface area is 189 Å². The third kappa shape index (κ3) is 7.17. The van der Waals surface area contributed by atoms with Crippen LogP contribution in [0.4, 0.5) is 0 Å². The van der Waals surface area contributed by atoms with Crippen molar-refractivity contribution in [2.24, 2.45) is 5.73 Å². The third-order valence-electron chi connectivity index (χ3n) is 4.34. The molecule has 1 heterocycles. The highest BCUT2D eigenvalue weighted by atomic mass is 16.7. The van der Waals surface area contributed by atoms with E-state index in [1.54, 1.807) is 12.1 Å². The number of amides is 1. The van der Waals surface area contributed by atoms with E-state index in [0.29, 0.717) is 0 Å². The number of nitrogens with two attached hydrogens (primary N) is 1. The van der Waals surface area contributed by atoms with Gasteiger partial charge in [-0.25, -0.2) is 0 Å². The van der Waals surface area contributed by atoms with Crippen LogP contribution in [0.25, 0.3) is 0 Å². The first-order valence-electron chi connectivity index (χ1n) is 9.85. The third-order valence-corrected chi connectivity index (χ3v) is 4.34. The van der Waals surface area contributed by atoms with Gasteiger partial charge in [-0.15, -0.1) is 0 Å². The van der Waals surface area contributed by atoms with Crippen LogP contribution in [0.3, 0.4) is 0 Å². The smallest absolute Gasteiger partial charge is 0.303 e. The first-order valence-corrected chi connectivity index (χ1v) is 9.85. The summed E-state index contributed by atoms with van der Waals surface area (Å²) < 4.78 is 32.5. The van der Waals surface area contributed by atoms with E-state index in [0.717, 1.165) is 27.7 Å². The predicted octanol–water partition coefficient (Wildman–Crippen LogP) is 0.247. The van der Waals surface area contributed by atoms with Crippen molar-refractivity contribution in [1.29, 1.82) is 0 Å². The van der Waals surface area contributed by atoms with Crippen LogP contribution in [-0.2, 0) is 42.9 Å². The lowest BCUT2D eigenvalue weighted by atomic mass is 9.98. The summed E-state index contributed by atoms with van der Waals surface area (Å²) in [5.41, 5.74) is 5.39. The van der Waals surface area contributed by atoms with E-state index in [4.69, 9.17) is 34.2 Å². The van der Waals surface area contributed by atoms with E-state index < -0.39 is 67.1 Å². The Kier molecular flexibility index (Phi) is 8.74. The van der Waals surface area contributed by atoms with Gasteiger partial charge in [0.1, 0.15) is 18.5 Å². The largest absolute Gasteiger partial charge is 0.463 e. The minimum absolute atomic E-state index is 0.00496. The Morgan fingerprint density at radius 1 is 0.818 bits per heavy atom. The highest BCUT2D eigenvalue weighted by Crippen LogP contribution is 2.31. The summed E-state index contributed by atoms with van der Waals surface area (Å²) in [5.74, 6) is -3.77. The van der Waals surface area contributed by atoms with Crippen LogP contribution < -0.4 is 10.5 Å². The molecule has 0 radical (unpaired) electrons. The first kappa shape index (κ1) is 25.6. The molecule has 33 heavy (non-hydrogen) atoms. The number of para-hydroxylation sites is 1. The zero-order chi connectivity index (χ0) is 24.7. The molecule has 0 aliphatic carbocycles. The first-order chi connectivity index (χ1) is 15.5. The average molecular weight is 467 g/mol. The number of rotatable bonds is 8. The number of hydrogen-bond acceptors (Lipinski definition) is 11. The lowest BCUT2D eigenvalue weighted by Gasteiger charge is -2.44. The molecule has 0 spiro atoms. The highest BCUT2D eigenvalue weighted by Gasteiger charge is 2.53. The van der Waals surface area contributed by atoms with Crippen LogP contribution in [0.5, 0.6) is 5.75 Å². The summed E-state index contributed by atoms with van der Waals surface area (Å²) in [4.78, 5) is 58.5. The van der Waals surface area contributed by atoms with E-state index in [-0.39, 0.29) is 11.3 Å². The molecule has 0 bridgehead atoms. The molecule has 12 nitrogen and oxygen atoms in total. The maximum absolute atomic E-state index is 11.8. The normalized spacial score (nSPS) is 24.2. The van der Waals surface area contributed by atoms with E-state index in [1.165, 1.54) is 12.1 Å². The summed E-state index contributed by atoms with van der Waals surface area (Å²) in [5, 5.41) is 0. The summed E-state index contributed by atoms with van der Waals surface area (Å²) in [7, 11) is 0. The van der Waals surface area contributed by atoms with Crippen molar-refractivity contribution >= 4 is 29.8 Å². The molecule has 1 aromatic carbocycles.